The summed E-state index contributed by atoms with van der Waals surface area (Å²) in [7, 11) is 0. The lowest BCUT2D eigenvalue weighted by Crippen LogP contribution is -2.51. The number of fused-ring (bicyclic) bond motifs is 1. The molecule has 2 aliphatic heterocycles. The molecule has 4 aromatic carbocycles. The van der Waals surface area contributed by atoms with Gasteiger partial charge in [-0.05, 0) is 86.1 Å². The molecule has 0 aromatic heterocycles. The van der Waals surface area contributed by atoms with Gasteiger partial charge in [0.05, 0.1) is 12.1 Å². The Morgan fingerprint density at radius 2 is 1.00 bits per heavy atom. The van der Waals surface area contributed by atoms with Crippen molar-refractivity contribution in [3.63, 3.8) is 0 Å². The van der Waals surface area contributed by atoms with Crippen molar-refractivity contribution in [3.8, 4) is 0 Å². The third kappa shape index (κ3) is 9.33. The normalized spacial score (nSPS) is 20.8. The number of nitrogens with zero attached hydrogens (tertiary/aromatic N) is 2. The molecule has 2 saturated heterocycles. The molecule has 2 fully saturated rings. The average Bonchev–Trinajstić information content (AvgIpc) is 3.47. The zero-order valence-corrected chi connectivity index (χ0v) is 31.3. The van der Waals surface area contributed by atoms with E-state index < -0.39 is 30.1 Å². The number of hydrogen-bond acceptors (Lipinski definition) is 5. The second kappa shape index (κ2) is 17.2. The fourth-order valence-corrected chi connectivity index (χ4v) is 7.45. The van der Waals surface area contributed by atoms with Gasteiger partial charge in [0.1, 0.15) is 12.2 Å². The maximum atomic E-state index is 15.5. The van der Waals surface area contributed by atoms with Crippen LogP contribution >= 0.6 is 0 Å². The van der Waals surface area contributed by atoms with E-state index in [4.69, 9.17) is 9.47 Å². The van der Waals surface area contributed by atoms with Crippen molar-refractivity contribution in [2.24, 2.45) is 0 Å². The van der Waals surface area contributed by atoms with Gasteiger partial charge in [0, 0.05) is 37.3 Å². The number of rotatable bonds is 14. The van der Waals surface area contributed by atoms with Crippen molar-refractivity contribution in [3.05, 3.63) is 143 Å². The monoisotopic (exact) mass is 716 g/mol. The van der Waals surface area contributed by atoms with Crippen LogP contribution < -0.4 is 10.6 Å². The van der Waals surface area contributed by atoms with Gasteiger partial charge in [0.2, 0.25) is 0 Å². The second-order valence-electron chi connectivity index (χ2n) is 14.5. The van der Waals surface area contributed by atoms with Gasteiger partial charge in [-0.15, -0.1) is 0 Å². The summed E-state index contributed by atoms with van der Waals surface area (Å²) >= 11 is 0. The fraction of sp³-hybridized carbons (Fsp3) is 0.386. The Bertz CT molecular complexity index is 1720. The first kappa shape index (κ1) is 37.8. The van der Waals surface area contributed by atoms with E-state index in [0.29, 0.717) is 37.1 Å². The van der Waals surface area contributed by atoms with Crippen LogP contribution in [0.1, 0.15) is 83.5 Å². The fourth-order valence-electron chi connectivity index (χ4n) is 7.45. The summed E-state index contributed by atoms with van der Waals surface area (Å²) in [6, 6.07) is 34.4. The lowest BCUT2D eigenvalue weighted by molar-refractivity contribution is -0.157. The summed E-state index contributed by atoms with van der Waals surface area (Å²) < 4.78 is 13.7. The number of urea groups is 1. The highest BCUT2D eigenvalue weighted by molar-refractivity contribution is 5.95. The summed E-state index contributed by atoms with van der Waals surface area (Å²) in [5, 5.41) is 5.95. The first-order chi connectivity index (χ1) is 25.7. The minimum atomic E-state index is -0.897. The molecule has 4 aromatic rings. The molecule has 0 aliphatic carbocycles. The van der Waals surface area contributed by atoms with Crippen LogP contribution in [0.4, 0.5) is 4.79 Å². The van der Waals surface area contributed by atoms with E-state index in [1.807, 2.05) is 110 Å². The molecular weight excluding hydrogens is 665 g/mol. The van der Waals surface area contributed by atoms with Crippen LogP contribution in [0.5, 0.6) is 0 Å². The highest BCUT2D eigenvalue weighted by Crippen LogP contribution is 2.40. The Balaban J connectivity index is 1.46. The number of hydrogen-bond donors (Lipinski definition) is 2. The summed E-state index contributed by atoms with van der Waals surface area (Å²) in [6.45, 7) is 9.60. The Kier molecular flexibility index (Phi) is 12.3. The van der Waals surface area contributed by atoms with E-state index in [2.05, 4.69) is 34.9 Å². The lowest BCUT2D eigenvalue weighted by atomic mass is 9.90. The average molecular weight is 717 g/mol. The Hall–Kier alpha value is -4.99. The van der Waals surface area contributed by atoms with Crippen molar-refractivity contribution >= 4 is 17.8 Å². The maximum absolute atomic E-state index is 15.5. The largest absolute Gasteiger partial charge is 0.352 e. The van der Waals surface area contributed by atoms with E-state index in [9.17, 15) is 9.59 Å². The third-order valence-corrected chi connectivity index (χ3v) is 9.94. The van der Waals surface area contributed by atoms with E-state index in [1.54, 1.807) is 12.1 Å². The molecule has 0 unspecified atom stereocenters. The molecule has 2 aliphatic rings. The zero-order valence-electron chi connectivity index (χ0n) is 31.3. The topological polar surface area (TPSA) is 100 Å². The van der Waals surface area contributed by atoms with E-state index in [0.717, 1.165) is 35.1 Å². The standard InChI is InChI=1S/C44H52N4O5/c1-5-23-45-41(49)35-21-13-19-33(25-35)29-47-37(27-31-15-9-7-10-16-31)39-40(53-44(3,4)52-39)38(28-32-17-11-8-12-18-32)48(43(47)51)30-34-20-14-22-36(26-34)42(50)46-24-6-2/h7-22,25-26,37-40H,5-6,23-24,27-30H2,1-4H3,(H,45,49)(H,46,50)/t37-,38-,39+,40+/m1/s1. The first-order valence-electron chi connectivity index (χ1n) is 18.9. The molecule has 0 saturated carbocycles. The van der Waals surface area contributed by atoms with E-state index >= 15 is 4.79 Å². The molecule has 9 heteroatoms. The molecule has 2 N–H and O–H groups in total. The summed E-state index contributed by atoms with van der Waals surface area (Å²) in [6.07, 6.45) is 1.83. The summed E-state index contributed by atoms with van der Waals surface area (Å²) in [5.74, 6) is -1.18. The predicted molar refractivity (Wildman–Crippen MR) is 206 cm³/mol. The van der Waals surface area contributed by atoms with Crippen LogP contribution in [0.25, 0.3) is 0 Å². The van der Waals surface area contributed by atoms with Crippen molar-refractivity contribution < 1.29 is 23.9 Å². The number of benzene rings is 4. The number of ether oxygens (including phenoxy) is 2. The van der Waals surface area contributed by atoms with Gasteiger partial charge in [-0.25, -0.2) is 4.79 Å². The maximum Gasteiger partial charge on any atom is 0.321 e. The van der Waals surface area contributed by atoms with Crippen LogP contribution in [0.15, 0.2) is 109 Å². The van der Waals surface area contributed by atoms with Gasteiger partial charge in [-0.3, -0.25) is 9.59 Å². The lowest BCUT2D eigenvalue weighted by Gasteiger charge is -2.37. The molecule has 0 bridgehead atoms. The predicted octanol–water partition coefficient (Wildman–Crippen LogP) is 7.15. The molecule has 9 nitrogen and oxygen atoms in total. The molecule has 4 amide bonds. The van der Waals surface area contributed by atoms with E-state index in [-0.39, 0.29) is 30.9 Å². The summed E-state index contributed by atoms with van der Waals surface area (Å²) in [5.41, 5.74) is 4.93. The van der Waals surface area contributed by atoms with E-state index in [1.165, 1.54) is 0 Å². The van der Waals surface area contributed by atoms with Gasteiger partial charge in [-0.1, -0.05) is 98.8 Å². The molecular formula is C44H52N4O5. The molecule has 278 valence electrons. The van der Waals surface area contributed by atoms with Gasteiger partial charge in [0.25, 0.3) is 11.8 Å². The van der Waals surface area contributed by atoms with Crippen LogP contribution in [0.3, 0.4) is 0 Å². The molecule has 53 heavy (non-hydrogen) atoms. The number of carbonyl (C=O) groups excluding carboxylic acids is 3. The van der Waals surface area contributed by atoms with Crippen molar-refractivity contribution in [1.82, 2.24) is 20.4 Å². The second-order valence-corrected chi connectivity index (χ2v) is 14.5. The SMILES string of the molecule is CCCNC(=O)c1cccc(CN2C(=O)N(Cc3cccc(C(=O)NCCC)c3)[C@H](Cc3ccccc3)[C@@H]3OC(C)(C)O[C@H]3[C@H]2Cc2ccccc2)c1. The first-order valence-corrected chi connectivity index (χ1v) is 18.9. The molecule has 0 spiro atoms. The minimum absolute atomic E-state index is 0.140. The van der Waals surface area contributed by atoms with Crippen LogP contribution in [-0.4, -0.2) is 70.8 Å². The number of carbonyl (C=O) groups is 3. The molecule has 0 radical (unpaired) electrons. The molecule has 4 atom stereocenters. The van der Waals surface area contributed by atoms with Crippen molar-refractivity contribution in [1.29, 1.82) is 0 Å². The van der Waals surface area contributed by atoms with Crippen LogP contribution in [0, 0.1) is 0 Å². The highest BCUT2D eigenvalue weighted by Gasteiger charge is 2.55. The smallest absolute Gasteiger partial charge is 0.321 e. The number of nitrogens with one attached hydrogen (secondary N) is 2. The van der Waals surface area contributed by atoms with Crippen molar-refractivity contribution in [2.45, 2.75) is 96.5 Å². The molecule has 2 heterocycles. The van der Waals surface area contributed by atoms with Crippen LogP contribution in [-0.2, 0) is 35.4 Å². The quantitative estimate of drug-likeness (QED) is 0.145. The third-order valence-electron chi connectivity index (χ3n) is 9.94. The van der Waals surface area contributed by atoms with Crippen LogP contribution in [0.2, 0.25) is 0 Å². The summed E-state index contributed by atoms with van der Waals surface area (Å²) in [4.78, 5) is 45.4. The Morgan fingerprint density at radius 1 is 0.604 bits per heavy atom. The minimum Gasteiger partial charge on any atom is -0.352 e. The zero-order chi connectivity index (χ0) is 37.4. The highest BCUT2D eigenvalue weighted by atomic mass is 16.8. The van der Waals surface area contributed by atoms with Gasteiger partial charge in [0.15, 0.2) is 5.79 Å². The number of amides is 4. The van der Waals surface area contributed by atoms with Crippen molar-refractivity contribution in [2.75, 3.05) is 13.1 Å². The van der Waals surface area contributed by atoms with Gasteiger partial charge >= 0.3 is 6.03 Å². The Labute approximate surface area is 313 Å². The van der Waals surface area contributed by atoms with Gasteiger partial charge in [-0.2, -0.15) is 0 Å². The Morgan fingerprint density at radius 3 is 1.40 bits per heavy atom. The molecule has 6 rings (SSSR count). The van der Waals surface area contributed by atoms with Gasteiger partial charge < -0.3 is 29.9 Å².